The lowest BCUT2D eigenvalue weighted by atomic mass is 10.0. The van der Waals surface area contributed by atoms with Crippen LogP contribution in [0.3, 0.4) is 0 Å². The maximum atomic E-state index is 5.82. The van der Waals surface area contributed by atoms with Crippen molar-refractivity contribution in [2.75, 3.05) is 20.8 Å². The molecular weight excluding hydrogens is 364 g/mol. The third-order valence-corrected chi connectivity index (χ3v) is 5.69. The van der Waals surface area contributed by atoms with Crippen molar-refractivity contribution in [3.63, 3.8) is 0 Å². The minimum atomic E-state index is 0.344. The number of ether oxygens (including phenoxy) is 2. The molecule has 2 heterocycles. The Kier molecular flexibility index (Phi) is 5.58. The van der Waals surface area contributed by atoms with Crippen molar-refractivity contribution in [3.8, 4) is 23.0 Å². The van der Waals surface area contributed by atoms with E-state index in [0.717, 1.165) is 42.3 Å². The summed E-state index contributed by atoms with van der Waals surface area (Å²) in [4.78, 5) is 7.23. The second-order valence-electron chi connectivity index (χ2n) is 7.71. The minimum Gasteiger partial charge on any atom is -0.493 e. The van der Waals surface area contributed by atoms with E-state index in [0.29, 0.717) is 11.9 Å². The van der Waals surface area contributed by atoms with Crippen LogP contribution in [0.4, 0.5) is 0 Å². The lowest BCUT2D eigenvalue weighted by molar-refractivity contribution is 0.244. The number of oxazole rings is 1. The highest BCUT2D eigenvalue weighted by Gasteiger charge is 2.27. The Morgan fingerprint density at radius 1 is 1.07 bits per heavy atom. The van der Waals surface area contributed by atoms with Gasteiger partial charge in [0, 0.05) is 18.2 Å². The Morgan fingerprint density at radius 3 is 2.66 bits per heavy atom. The van der Waals surface area contributed by atoms with Crippen molar-refractivity contribution in [1.82, 2.24) is 9.88 Å². The average Bonchev–Trinajstić information content (AvgIpc) is 3.37. The van der Waals surface area contributed by atoms with Crippen LogP contribution in [0, 0.1) is 13.8 Å². The van der Waals surface area contributed by atoms with Crippen molar-refractivity contribution in [1.29, 1.82) is 0 Å². The van der Waals surface area contributed by atoms with Crippen LogP contribution in [0.1, 0.15) is 41.3 Å². The van der Waals surface area contributed by atoms with Crippen LogP contribution in [0.2, 0.25) is 0 Å². The molecule has 0 unspecified atom stereocenters. The highest BCUT2D eigenvalue weighted by atomic mass is 16.5. The summed E-state index contributed by atoms with van der Waals surface area (Å²) >= 11 is 0. The van der Waals surface area contributed by atoms with Crippen LogP contribution < -0.4 is 9.47 Å². The van der Waals surface area contributed by atoms with Crippen molar-refractivity contribution in [2.24, 2.45) is 0 Å². The molecule has 1 atom stereocenters. The molecule has 1 aromatic heterocycles. The first kappa shape index (κ1) is 19.5. The normalized spacial score (nSPS) is 16.9. The highest BCUT2D eigenvalue weighted by molar-refractivity contribution is 5.59. The van der Waals surface area contributed by atoms with Gasteiger partial charge in [0.15, 0.2) is 11.5 Å². The van der Waals surface area contributed by atoms with E-state index in [2.05, 4.69) is 49.1 Å². The first-order valence-corrected chi connectivity index (χ1v) is 10.1. The molecule has 2 aromatic carbocycles. The number of aromatic nitrogens is 1. The van der Waals surface area contributed by atoms with E-state index in [1.165, 1.54) is 23.1 Å². The maximum absolute atomic E-state index is 5.82. The Bertz CT molecular complexity index is 996. The van der Waals surface area contributed by atoms with Gasteiger partial charge >= 0.3 is 0 Å². The summed E-state index contributed by atoms with van der Waals surface area (Å²) in [7, 11) is 3.34. The van der Waals surface area contributed by atoms with Gasteiger partial charge < -0.3 is 13.9 Å². The van der Waals surface area contributed by atoms with Gasteiger partial charge in [0.05, 0.1) is 19.9 Å². The number of hydrogen-bond acceptors (Lipinski definition) is 5. The largest absolute Gasteiger partial charge is 0.493 e. The van der Waals surface area contributed by atoms with Crippen LogP contribution >= 0.6 is 0 Å². The maximum Gasteiger partial charge on any atom is 0.226 e. The van der Waals surface area contributed by atoms with E-state index in [1.807, 2.05) is 6.07 Å². The molecule has 152 valence electrons. The molecule has 0 saturated carbocycles. The number of rotatable bonds is 6. The van der Waals surface area contributed by atoms with E-state index < -0.39 is 0 Å². The molecule has 1 fully saturated rings. The van der Waals surface area contributed by atoms with Crippen molar-refractivity contribution >= 4 is 0 Å². The Labute approximate surface area is 172 Å². The molecule has 1 aliphatic rings. The van der Waals surface area contributed by atoms with Crippen LogP contribution in [0.15, 0.2) is 47.1 Å². The molecule has 3 aromatic rings. The number of aryl methyl sites for hydroxylation is 2. The molecule has 1 aliphatic heterocycles. The third-order valence-electron chi connectivity index (χ3n) is 5.69. The predicted octanol–water partition coefficient (Wildman–Crippen LogP) is 5.31. The zero-order valence-corrected chi connectivity index (χ0v) is 17.6. The number of hydrogen-bond donors (Lipinski definition) is 0. The topological polar surface area (TPSA) is 47.7 Å². The Hall–Kier alpha value is -2.79. The fourth-order valence-corrected chi connectivity index (χ4v) is 4.22. The standard InChI is InChI=1S/C24H28N2O3/c1-16-7-9-20(17(2)12-16)24-25-19(15-29-24)14-26-11-5-6-21(26)18-8-10-22(27-3)23(13-18)28-4/h7-10,12-13,15,21H,5-6,11,14H2,1-4H3/t21-/m0/s1. The number of nitrogens with zero attached hydrogens (tertiary/aromatic N) is 2. The van der Waals surface area contributed by atoms with Crippen molar-refractivity contribution in [3.05, 3.63) is 65.0 Å². The molecule has 5 heteroatoms. The predicted molar refractivity (Wildman–Crippen MR) is 113 cm³/mol. The zero-order valence-electron chi connectivity index (χ0n) is 17.6. The molecular formula is C24H28N2O3. The lowest BCUT2D eigenvalue weighted by Crippen LogP contribution is -2.23. The second kappa shape index (κ2) is 8.29. The minimum absolute atomic E-state index is 0.344. The van der Waals surface area contributed by atoms with E-state index >= 15 is 0 Å². The van der Waals surface area contributed by atoms with Gasteiger partial charge in [0.1, 0.15) is 6.26 Å². The smallest absolute Gasteiger partial charge is 0.226 e. The summed E-state index contributed by atoms with van der Waals surface area (Å²) in [6, 6.07) is 12.9. The molecule has 4 rings (SSSR count). The van der Waals surface area contributed by atoms with E-state index in [9.17, 15) is 0 Å². The molecule has 29 heavy (non-hydrogen) atoms. The molecule has 0 spiro atoms. The summed E-state index contributed by atoms with van der Waals surface area (Å²) in [5.41, 5.74) is 5.70. The second-order valence-corrected chi connectivity index (χ2v) is 7.71. The highest BCUT2D eigenvalue weighted by Crippen LogP contribution is 2.37. The first-order chi connectivity index (χ1) is 14.1. The molecule has 0 radical (unpaired) electrons. The molecule has 0 bridgehead atoms. The third kappa shape index (κ3) is 4.01. The molecule has 1 saturated heterocycles. The summed E-state index contributed by atoms with van der Waals surface area (Å²) < 4.78 is 16.7. The monoisotopic (exact) mass is 392 g/mol. The average molecular weight is 392 g/mol. The van der Waals surface area contributed by atoms with Crippen LogP contribution in [0.25, 0.3) is 11.5 Å². The van der Waals surface area contributed by atoms with Crippen LogP contribution in [-0.2, 0) is 6.54 Å². The molecule has 0 amide bonds. The first-order valence-electron chi connectivity index (χ1n) is 10.1. The Morgan fingerprint density at radius 2 is 1.90 bits per heavy atom. The van der Waals surface area contributed by atoms with E-state index in [1.54, 1.807) is 20.5 Å². The fraction of sp³-hybridized carbons (Fsp3) is 0.375. The van der Waals surface area contributed by atoms with Crippen LogP contribution in [-0.4, -0.2) is 30.6 Å². The quantitative estimate of drug-likeness (QED) is 0.569. The van der Waals surface area contributed by atoms with Gasteiger partial charge in [-0.15, -0.1) is 0 Å². The molecule has 0 aliphatic carbocycles. The van der Waals surface area contributed by atoms with Crippen LogP contribution in [0.5, 0.6) is 11.5 Å². The summed E-state index contributed by atoms with van der Waals surface area (Å²) in [6.07, 6.45) is 4.08. The van der Waals surface area contributed by atoms with Gasteiger partial charge in [-0.05, 0) is 62.6 Å². The number of methoxy groups -OCH3 is 2. The lowest BCUT2D eigenvalue weighted by Gasteiger charge is -2.24. The summed E-state index contributed by atoms with van der Waals surface area (Å²) in [5.74, 6) is 2.23. The Balaban J connectivity index is 1.53. The molecule has 5 nitrogen and oxygen atoms in total. The zero-order chi connectivity index (χ0) is 20.4. The van der Waals surface area contributed by atoms with Gasteiger partial charge in [0.2, 0.25) is 5.89 Å². The van der Waals surface area contributed by atoms with Gasteiger partial charge in [-0.3, -0.25) is 4.90 Å². The van der Waals surface area contributed by atoms with Gasteiger partial charge in [-0.1, -0.05) is 23.8 Å². The number of likely N-dealkylation sites (tertiary alicyclic amines) is 1. The van der Waals surface area contributed by atoms with Crippen molar-refractivity contribution in [2.45, 2.75) is 39.3 Å². The SMILES string of the molecule is COc1ccc([C@@H]2CCCN2Cc2coc(-c3ccc(C)cc3C)n2)cc1OC. The summed E-state index contributed by atoms with van der Waals surface area (Å²) in [6.45, 7) is 6.01. The fourth-order valence-electron chi connectivity index (χ4n) is 4.22. The van der Waals surface area contributed by atoms with E-state index in [4.69, 9.17) is 18.9 Å². The van der Waals surface area contributed by atoms with E-state index in [-0.39, 0.29) is 0 Å². The van der Waals surface area contributed by atoms with Gasteiger partial charge in [0.25, 0.3) is 0 Å². The van der Waals surface area contributed by atoms with Gasteiger partial charge in [-0.2, -0.15) is 0 Å². The van der Waals surface area contributed by atoms with Crippen molar-refractivity contribution < 1.29 is 13.9 Å². The van der Waals surface area contributed by atoms with Gasteiger partial charge in [-0.25, -0.2) is 4.98 Å². The summed E-state index contributed by atoms with van der Waals surface area (Å²) in [5, 5.41) is 0. The molecule has 0 N–H and O–H groups in total. The number of benzene rings is 2.